The summed E-state index contributed by atoms with van der Waals surface area (Å²) < 4.78 is 0. The van der Waals surface area contributed by atoms with E-state index in [1.165, 1.54) is 7.05 Å². The number of quaternary nitrogens is 1. The molecule has 0 aliphatic rings. The quantitative estimate of drug-likeness (QED) is 0.523. The fourth-order valence-corrected chi connectivity index (χ4v) is 0.571. The molecule has 0 fully saturated rings. The molecule has 0 aliphatic carbocycles. The fraction of sp³-hybridized carbons (Fsp3) is 0.167. The average Bonchev–Trinajstić information content (AvgIpc) is 1.90. The van der Waals surface area contributed by atoms with Crippen LogP contribution in [0.1, 0.15) is 0 Å². The maximum Gasteiger partial charge on any atom is 0.225 e. The fourth-order valence-electron chi connectivity index (χ4n) is 0.571. The lowest BCUT2D eigenvalue weighted by Gasteiger charge is -2.12. The second-order valence-corrected chi connectivity index (χ2v) is 1.77. The van der Waals surface area contributed by atoms with Crippen LogP contribution in [0.4, 0.5) is 5.82 Å². The van der Waals surface area contributed by atoms with Gasteiger partial charge in [0.25, 0.3) is 0 Å². The monoisotopic (exact) mass is 124 g/mol. The molecular weight excluding hydrogens is 116 g/mol. The molecule has 48 valence electrons. The second kappa shape index (κ2) is 2.57. The molecule has 0 bridgehead atoms. The summed E-state index contributed by atoms with van der Waals surface area (Å²) >= 11 is 0. The summed E-state index contributed by atoms with van der Waals surface area (Å²) in [6.07, 6.45) is 1.61. The molecule has 1 unspecified atom stereocenters. The topological polar surface area (TPSA) is 40.4 Å². The van der Waals surface area contributed by atoms with Gasteiger partial charge >= 0.3 is 0 Å². The molecule has 0 saturated heterocycles. The van der Waals surface area contributed by atoms with E-state index in [-0.39, 0.29) is 5.06 Å². The molecule has 0 saturated carbocycles. The molecule has 0 aromatic carbocycles. The van der Waals surface area contributed by atoms with Gasteiger partial charge in [0.1, 0.15) is 0 Å². The highest BCUT2D eigenvalue weighted by Gasteiger charge is 1.91. The van der Waals surface area contributed by atoms with Crippen LogP contribution >= 0.6 is 0 Å². The molecule has 1 rings (SSSR count). The Morgan fingerprint density at radius 3 is 2.67 bits per heavy atom. The molecule has 1 aromatic rings. The molecular formula is C6H8N2O. The van der Waals surface area contributed by atoms with Crippen molar-refractivity contribution < 1.29 is 5.06 Å². The molecule has 3 heteroatoms. The predicted octanol–water partition coefficient (Wildman–Crippen LogP) is -0.274. The molecule has 3 nitrogen and oxygen atoms in total. The highest BCUT2D eigenvalue weighted by atomic mass is 16.5. The Kier molecular flexibility index (Phi) is 1.77. The van der Waals surface area contributed by atoms with Crippen LogP contribution in [0.2, 0.25) is 0 Å². The number of aromatic nitrogens is 1. The van der Waals surface area contributed by atoms with Gasteiger partial charge in [-0.1, -0.05) is 6.07 Å². The van der Waals surface area contributed by atoms with Crippen molar-refractivity contribution in [2.45, 2.75) is 0 Å². The van der Waals surface area contributed by atoms with E-state index in [0.717, 1.165) is 0 Å². The van der Waals surface area contributed by atoms with E-state index in [4.69, 9.17) is 0 Å². The standard InChI is InChI=1S/C6H8N2O/c1-8(9)6-4-2-3-5-7-6/h2-5,8H,1H3. The second-order valence-electron chi connectivity index (χ2n) is 1.77. The van der Waals surface area contributed by atoms with Gasteiger partial charge in [-0.25, -0.2) is 4.98 Å². The van der Waals surface area contributed by atoms with Crippen molar-refractivity contribution in [3.8, 4) is 0 Å². The third kappa shape index (κ3) is 1.48. The average molecular weight is 124 g/mol. The minimum atomic E-state index is 0.00981. The Balaban J connectivity index is 2.85. The highest BCUT2D eigenvalue weighted by molar-refractivity contribution is 5.15. The van der Waals surface area contributed by atoms with Crippen molar-refractivity contribution in [3.05, 3.63) is 29.6 Å². The van der Waals surface area contributed by atoms with Crippen molar-refractivity contribution in [2.24, 2.45) is 0 Å². The minimum absolute atomic E-state index is 0.00981. The van der Waals surface area contributed by atoms with Gasteiger partial charge in [0.05, 0.1) is 7.05 Å². The van der Waals surface area contributed by atoms with Gasteiger partial charge in [-0.15, -0.1) is 0 Å². The van der Waals surface area contributed by atoms with E-state index >= 15 is 0 Å². The lowest BCUT2D eigenvalue weighted by molar-refractivity contribution is -0.754. The van der Waals surface area contributed by atoms with Gasteiger partial charge in [0.2, 0.25) is 5.82 Å². The van der Waals surface area contributed by atoms with E-state index in [1.54, 1.807) is 24.4 Å². The van der Waals surface area contributed by atoms with Crippen LogP contribution in [0.5, 0.6) is 0 Å². The molecule has 9 heavy (non-hydrogen) atoms. The summed E-state index contributed by atoms with van der Waals surface area (Å²) in [5.74, 6) is 0.525. The van der Waals surface area contributed by atoms with Crippen LogP contribution < -0.4 is 5.06 Å². The van der Waals surface area contributed by atoms with E-state index in [1.807, 2.05) is 0 Å². The minimum Gasteiger partial charge on any atom is -0.628 e. The predicted molar refractivity (Wildman–Crippen MR) is 34.2 cm³/mol. The first kappa shape index (κ1) is 6.19. The lowest BCUT2D eigenvalue weighted by Crippen LogP contribution is -2.98. The van der Waals surface area contributed by atoms with Crippen molar-refractivity contribution in [1.29, 1.82) is 0 Å². The third-order valence-corrected chi connectivity index (χ3v) is 1.03. The summed E-state index contributed by atoms with van der Waals surface area (Å²) in [6, 6.07) is 5.28. The Hall–Kier alpha value is -0.930. The number of nitrogens with zero attached hydrogens (tertiary/aromatic N) is 1. The van der Waals surface area contributed by atoms with Crippen molar-refractivity contribution in [2.75, 3.05) is 7.05 Å². The third-order valence-electron chi connectivity index (χ3n) is 1.03. The first-order valence-electron chi connectivity index (χ1n) is 2.72. The Morgan fingerprint density at radius 2 is 2.33 bits per heavy atom. The first-order valence-corrected chi connectivity index (χ1v) is 2.72. The highest BCUT2D eigenvalue weighted by Crippen LogP contribution is 1.89. The van der Waals surface area contributed by atoms with Gasteiger partial charge in [-0.3, -0.25) is 0 Å². The summed E-state index contributed by atoms with van der Waals surface area (Å²) in [5.41, 5.74) is 0. The molecule has 1 heterocycles. The van der Waals surface area contributed by atoms with Gasteiger partial charge in [0, 0.05) is 12.3 Å². The maximum absolute atomic E-state index is 10.6. The number of pyridine rings is 1. The summed E-state index contributed by atoms with van der Waals surface area (Å²) in [5, 5.41) is 10.6. The summed E-state index contributed by atoms with van der Waals surface area (Å²) in [4.78, 5) is 3.83. The summed E-state index contributed by atoms with van der Waals surface area (Å²) in [6.45, 7) is 0. The van der Waals surface area contributed by atoms with Gasteiger partial charge in [-0.05, 0) is 6.07 Å². The molecule has 0 amide bonds. The van der Waals surface area contributed by atoms with Crippen molar-refractivity contribution >= 4 is 5.82 Å². The SMILES string of the molecule is C[NH+]([O-])c1ccccn1. The molecule has 1 N–H and O–H groups in total. The first-order chi connectivity index (χ1) is 4.30. The molecule has 0 radical (unpaired) electrons. The molecule has 1 aromatic heterocycles. The van der Waals surface area contributed by atoms with Crippen molar-refractivity contribution in [3.63, 3.8) is 0 Å². The molecule has 1 atom stereocenters. The van der Waals surface area contributed by atoms with Crippen LogP contribution in [0.3, 0.4) is 0 Å². The maximum atomic E-state index is 10.6. The lowest BCUT2D eigenvalue weighted by atomic mass is 10.5. The number of hydrogen-bond donors (Lipinski definition) is 1. The van der Waals surface area contributed by atoms with Gasteiger partial charge in [-0.2, -0.15) is 0 Å². The molecule has 0 spiro atoms. The van der Waals surface area contributed by atoms with E-state index in [2.05, 4.69) is 4.98 Å². The van der Waals surface area contributed by atoms with E-state index in [9.17, 15) is 5.21 Å². The zero-order valence-electron chi connectivity index (χ0n) is 5.16. The normalized spacial score (nSPS) is 13.1. The van der Waals surface area contributed by atoms with Crippen LogP contribution in [0.15, 0.2) is 24.4 Å². The Morgan fingerprint density at radius 1 is 1.56 bits per heavy atom. The molecule has 0 aliphatic heterocycles. The zero-order valence-corrected chi connectivity index (χ0v) is 5.16. The van der Waals surface area contributed by atoms with E-state index < -0.39 is 0 Å². The van der Waals surface area contributed by atoms with E-state index in [0.29, 0.717) is 5.82 Å². The van der Waals surface area contributed by atoms with Crippen LogP contribution in [0.25, 0.3) is 0 Å². The number of nitrogens with one attached hydrogen (secondary N) is 1. The van der Waals surface area contributed by atoms with Gasteiger partial charge in [0.15, 0.2) is 0 Å². The number of hydrogen-bond acceptors (Lipinski definition) is 2. The Bertz CT molecular complexity index is 174. The van der Waals surface area contributed by atoms with Gasteiger partial charge < -0.3 is 10.3 Å². The smallest absolute Gasteiger partial charge is 0.225 e. The summed E-state index contributed by atoms with van der Waals surface area (Å²) in [7, 11) is 1.50. The number of rotatable bonds is 1. The van der Waals surface area contributed by atoms with Crippen LogP contribution in [0, 0.1) is 5.21 Å². The van der Waals surface area contributed by atoms with Crippen LogP contribution in [-0.4, -0.2) is 12.0 Å². The number of hydroxylamine groups is 1. The largest absolute Gasteiger partial charge is 0.628 e. The van der Waals surface area contributed by atoms with Crippen LogP contribution in [-0.2, 0) is 0 Å². The van der Waals surface area contributed by atoms with Crippen molar-refractivity contribution in [1.82, 2.24) is 4.98 Å². The zero-order chi connectivity index (χ0) is 6.69. The Labute approximate surface area is 53.5 Å².